The summed E-state index contributed by atoms with van der Waals surface area (Å²) in [6, 6.07) is 15.7. The zero-order chi connectivity index (χ0) is 49.1. The van der Waals surface area contributed by atoms with Gasteiger partial charge in [0, 0.05) is 44.1 Å². The average Bonchev–Trinajstić information content (AvgIpc) is 3.32. The minimum absolute atomic E-state index is 0.145. The Morgan fingerprint density at radius 2 is 1.13 bits per heavy atom. The topological polar surface area (TPSA) is 108 Å². The Morgan fingerprint density at radius 3 is 1.76 bits per heavy atom. The molecule has 2 aliphatic heterocycles. The van der Waals surface area contributed by atoms with E-state index in [0.717, 1.165) is 119 Å². The molecule has 0 radical (unpaired) electrons. The molecule has 0 aromatic heterocycles. The molecule has 0 bridgehead atoms. The fourth-order valence-electron chi connectivity index (χ4n) is 10.5. The van der Waals surface area contributed by atoms with Crippen molar-refractivity contribution in [1.82, 2.24) is 0 Å². The highest BCUT2D eigenvalue weighted by Crippen LogP contribution is 2.46. The molecular weight excluding hydrogens is 849 g/mol. The van der Waals surface area contributed by atoms with Crippen LogP contribution in [0.4, 0.5) is 0 Å². The van der Waals surface area contributed by atoms with E-state index in [-0.39, 0.29) is 12.1 Å². The zero-order valence-corrected chi connectivity index (χ0v) is 42.5. The van der Waals surface area contributed by atoms with E-state index < -0.39 is 5.97 Å². The van der Waals surface area contributed by atoms with Crippen molar-refractivity contribution < 1.29 is 56.5 Å². The van der Waals surface area contributed by atoms with Gasteiger partial charge in [-0.05, 0) is 109 Å². The largest absolute Gasteiger partial charge is 0.501 e. The second-order valence-corrected chi connectivity index (χ2v) is 18.6. The van der Waals surface area contributed by atoms with Crippen LogP contribution in [0.25, 0.3) is 0 Å². The lowest BCUT2D eigenvalue weighted by Crippen LogP contribution is -2.53. The van der Waals surface area contributed by atoms with Crippen molar-refractivity contribution in [2.75, 3.05) is 96.1 Å². The lowest BCUT2D eigenvalue weighted by Gasteiger charge is -2.46. The lowest BCUT2D eigenvalue weighted by atomic mass is 9.83. The maximum absolute atomic E-state index is 12.9. The standard InChI is InChI=1S/C54H74N2O9.CH2O/c1-35-26-40(31-47(58-8)38(35)4)30-46-52-43(28-36(2)39(5)54(52)63-13)17-22-56(46,7)20-15-24-65-51(57)18-25-64-23-14-19-55(6)21-16-42-33-48(59-9)49(60-10)34-44(42)45(55)29-41-27-37(3)53(62-12)50(32-41)61-11;1-2/h18,25-28,31-34,45-46H,14-17,19-24,29-30H2,1-13H3;1H2/q+2;/b25-18+;. The molecule has 12 heteroatoms. The molecule has 4 unspecified atom stereocenters. The maximum Gasteiger partial charge on any atom is 0.333 e. The molecule has 0 saturated carbocycles. The van der Waals surface area contributed by atoms with Crippen LogP contribution < -0.4 is 28.4 Å². The molecule has 6 rings (SSSR count). The zero-order valence-electron chi connectivity index (χ0n) is 42.5. The summed E-state index contributed by atoms with van der Waals surface area (Å²) in [6.07, 6.45) is 7.93. The molecule has 2 aliphatic rings. The number of ether oxygens (including phenoxy) is 8. The van der Waals surface area contributed by atoms with Gasteiger partial charge in [0.15, 0.2) is 23.0 Å². The van der Waals surface area contributed by atoms with Gasteiger partial charge in [-0.25, -0.2) is 4.79 Å². The average molecular weight is 925 g/mol. The second kappa shape index (κ2) is 23.3. The van der Waals surface area contributed by atoms with E-state index in [1.165, 1.54) is 62.4 Å². The van der Waals surface area contributed by atoms with Gasteiger partial charge in [0.05, 0.1) is 114 Å². The molecule has 67 heavy (non-hydrogen) atoms. The minimum atomic E-state index is -0.399. The second-order valence-electron chi connectivity index (χ2n) is 18.6. The molecule has 2 heterocycles. The van der Waals surface area contributed by atoms with Crippen LogP contribution in [0.3, 0.4) is 0 Å². The van der Waals surface area contributed by atoms with Gasteiger partial charge in [-0.3, -0.25) is 0 Å². The Bertz CT molecular complexity index is 2380. The number of nitrogens with zero attached hydrogens (tertiary/aromatic N) is 2. The molecule has 0 fully saturated rings. The first-order chi connectivity index (χ1) is 32.1. The smallest absolute Gasteiger partial charge is 0.333 e. The molecule has 4 aromatic rings. The lowest BCUT2D eigenvalue weighted by molar-refractivity contribution is -0.941. The van der Waals surface area contributed by atoms with E-state index in [1.807, 2.05) is 6.79 Å². The van der Waals surface area contributed by atoms with E-state index in [1.54, 1.807) is 42.7 Å². The number of carbonyl (C=O) groups excluding carboxylic acids is 2. The summed E-state index contributed by atoms with van der Waals surface area (Å²) < 4.78 is 48.1. The normalized spacial score (nSPS) is 19.6. The van der Waals surface area contributed by atoms with Crippen molar-refractivity contribution >= 4 is 12.8 Å². The van der Waals surface area contributed by atoms with Crippen LogP contribution in [0.2, 0.25) is 0 Å². The van der Waals surface area contributed by atoms with E-state index in [0.29, 0.717) is 13.2 Å². The van der Waals surface area contributed by atoms with E-state index in [4.69, 9.17) is 42.7 Å². The van der Waals surface area contributed by atoms with Gasteiger partial charge in [-0.15, -0.1) is 0 Å². The number of rotatable bonds is 20. The molecule has 12 nitrogen and oxygen atoms in total. The van der Waals surface area contributed by atoms with Gasteiger partial charge in [0.25, 0.3) is 0 Å². The SMILES string of the molecule is C=O.COc1cc2c(cc1OC)C(Cc1cc(C)c(OC)c(OC)c1)[N+](C)(CCCO/C=C/C(=O)OCCC[N+]1(C)CCc3cc(C)c(C)c(OC)c3C1Cc1cc(C)c(C)c(OC)c1)CC2. The quantitative estimate of drug-likeness (QED) is 0.0280. The predicted octanol–water partition coefficient (Wildman–Crippen LogP) is 9.22. The summed E-state index contributed by atoms with van der Waals surface area (Å²) in [7, 11) is 14.9. The van der Waals surface area contributed by atoms with Crippen molar-refractivity contribution in [3.63, 3.8) is 0 Å². The Balaban J connectivity index is 0.00000414. The van der Waals surface area contributed by atoms with Crippen molar-refractivity contribution in [2.45, 2.75) is 85.2 Å². The molecule has 364 valence electrons. The van der Waals surface area contributed by atoms with Crippen LogP contribution in [0.1, 0.15) is 86.1 Å². The van der Waals surface area contributed by atoms with Crippen molar-refractivity contribution in [3.05, 3.63) is 116 Å². The molecule has 0 saturated heterocycles. The summed E-state index contributed by atoms with van der Waals surface area (Å²) in [6.45, 7) is 17.1. The maximum atomic E-state index is 12.9. The highest BCUT2D eigenvalue weighted by Gasteiger charge is 2.42. The number of quaternary nitrogens is 2. The van der Waals surface area contributed by atoms with Gasteiger partial charge in [-0.2, -0.15) is 0 Å². The first-order valence-electron chi connectivity index (χ1n) is 23.3. The highest BCUT2D eigenvalue weighted by atomic mass is 16.5. The number of aryl methyl sites for hydroxylation is 3. The highest BCUT2D eigenvalue weighted by molar-refractivity contribution is 5.81. The molecule has 4 aromatic carbocycles. The molecular formula is C55H76N2O10+2. The number of hydrogen-bond donors (Lipinski definition) is 0. The summed E-state index contributed by atoms with van der Waals surface area (Å²) in [5, 5.41) is 0. The Morgan fingerprint density at radius 1 is 0.597 bits per heavy atom. The third kappa shape index (κ3) is 11.7. The first-order valence-corrected chi connectivity index (χ1v) is 23.3. The summed E-state index contributed by atoms with van der Waals surface area (Å²) >= 11 is 0. The minimum Gasteiger partial charge on any atom is -0.501 e. The van der Waals surface area contributed by atoms with Crippen molar-refractivity contribution in [3.8, 4) is 34.5 Å². The fraction of sp³-hybridized carbons (Fsp3) is 0.491. The Hall–Kier alpha value is -5.72. The molecule has 0 N–H and O–H groups in total. The van der Waals surface area contributed by atoms with E-state index >= 15 is 0 Å². The summed E-state index contributed by atoms with van der Waals surface area (Å²) in [5.41, 5.74) is 13.5. The van der Waals surface area contributed by atoms with Crippen LogP contribution >= 0.6 is 0 Å². The number of carbonyl (C=O) groups is 2. The van der Waals surface area contributed by atoms with Crippen molar-refractivity contribution in [1.29, 1.82) is 0 Å². The number of hydrogen-bond acceptors (Lipinski definition) is 10. The monoisotopic (exact) mass is 925 g/mol. The summed E-state index contributed by atoms with van der Waals surface area (Å²) in [4.78, 5) is 20.9. The third-order valence-corrected chi connectivity index (χ3v) is 14.5. The van der Waals surface area contributed by atoms with Gasteiger partial charge in [0.1, 0.15) is 30.4 Å². The number of fused-ring (bicyclic) bond motifs is 2. The molecule has 0 amide bonds. The molecule has 0 spiro atoms. The van der Waals surface area contributed by atoms with Gasteiger partial charge < -0.3 is 51.7 Å². The number of benzene rings is 4. The van der Waals surface area contributed by atoms with Crippen LogP contribution in [0.15, 0.2) is 54.8 Å². The first kappa shape index (κ1) is 52.3. The molecule has 0 aliphatic carbocycles. The number of esters is 1. The predicted molar refractivity (Wildman–Crippen MR) is 263 cm³/mol. The van der Waals surface area contributed by atoms with Gasteiger partial charge in [-0.1, -0.05) is 18.2 Å². The van der Waals surface area contributed by atoms with Crippen LogP contribution in [0.5, 0.6) is 34.5 Å². The van der Waals surface area contributed by atoms with E-state index in [9.17, 15) is 4.79 Å². The fourth-order valence-corrected chi connectivity index (χ4v) is 10.5. The van der Waals surface area contributed by atoms with Gasteiger partial charge in [0.2, 0.25) is 0 Å². The number of methoxy groups -OCH3 is 6. The van der Waals surface area contributed by atoms with Crippen molar-refractivity contribution in [2.24, 2.45) is 0 Å². The van der Waals surface area contributed by atoms with Crippen LogP contribution in [-0.4, -0.2) is 118 Å². The van der Waals surface area contributed by atoms with E-state index in [2.05, 4.69) is 91.2 Å². The van der Waals surface area contributed by atoms with Gasteiger partial charge >= 0.3 is 5.97 Å². The van der Waals surface area contributed by atoms with Crippen LogP contribution in [0, 0.1) is 34.6 Å². The Labute approximate surface area is 399 Å². The summed E-state index contributed by atoms with van der Waals surface area (Å²) in [5.74, 6) is 4.47. The Kier molecular flexibility index (Phi) is 18.2. The molecule has 4 atom stereocenters. The van der Waals surface area contributed by atoms with Crippen LogP contribution in [-0.2, 0) is 44.7 Å². The number of likely N-dealkylation sites (N-methyl/N-ethyl adjacent to an activating group) is 2. The third-order valence-electron chi connectivity index (χ3n) is 14.5.